The van der Waals surface area contributed by atoms with Gasteiger partial charge in [-0.05, 0) is 25.1 Å². The maximum atomic E-state index is 12.7. The standard InChI is InChI=1S/C19H17N5OS/c1-2-24-18(13-7-9-20-10-8-13)22-23-19(24)26-12-17(25)15-11-21-16-6-4-3-5-14(15)16/h3-11,21H,2,12H2,1H3. The van der Waals surface area contributed by atoms with E-state index in [2.05, 4.69) is 20.2 Å². The van der Waals surface area contributed by atoms with E-state index in [-0.39, 0.29) is 5.78 Å². The number of nitrogens with one attached hydrogen (secondary N) is 1. The number of benzene rings is 1. The highest BCUT2D eigenvalue weighted by molar-refractivity contribution is 7.99. The summed E-state index contributed by atoms with van der Waals surface area (Å²) < 4.78 is 2.02. The van der Waals surface area contributed by atoms with Gasteiger partial charge in [-0.25, -0.2) is 0 Å². The molecule has 0 saturated heterocycles. The Morgan fingerprint density at radius 2 is 1.96 bits per heavy atom. The first-order valence-electron chi connectivity index (χ1n) is 8.33. The maximum absolute atomic E-state index is 12.7. The summed E-state index contributed by atoms with van der Waals surface area (Å²) in [5.41, 5.74) is 2.65. The number of thioether (sulfide) groups is 1. The minimum absolute atomic E-state index is 0.0727. The van der Waals surface area contributed by atoms with Crippen LogP contribution in [0.25, 0.3) is 22.3 Å². The predicted molar refractivity (Wildman–Crippen MR) is 102 cm³/mol. The van der Waals surface area contributed by atoms with Gasteiger partial charge in [-0.3, -0.25) is 9.78 Å². The topological polar surface area (TPSA) is 76.5 Å². The van der Waals surface area contributed by atoms with Crippen molar-refractivity contribution in [3.63, 3.8) is 0 Å². The van der Waals surface area contributed by atoms with E-state index >= 15 is 0 Å². The van der Waals surface area contributed by atoms with Crippen molar-refractivity contribution in [2.45, 2.75) is 18.6 Å². The normalized spacial score (nSPS) is 11.1. The zero-order valence-electron chi connectivity index (χ0n) is 14.2. The largest absolute Gasteiger partial charge is 0.360 e. The molecule has 1 aromatic carbocycles. The molecule has 0 radical (unpaired) electrons. The number of aromatic nitrogens is 5. The molecular weight excluding hydrogens is 346 g/mol. The van der Waals surface area contributed by atoms with Crippen molar-refractivity contribution in [3.05, 3.63) is 60.6 Å². The van der Waals surface area contributed by atoms with Crippen molar-refractivity contribution in [1.29, 1.82) is 0 Å². The van der Waals surface area contributed by atoms with E-state index in [0.717, 1.165) is 34.0 Å². The van der Waals surface area contributed by atoms with Gasteiger partial charge >= 0.3 is 0 Å². The van der Waals surface area contributed by atoms with Crippen molar-refractivity contribution in [1.82, 2.24) is 24.7 Å². The Bertz CT molecular complexity index is 1050. The highest BCUT2D eigenvalue weighted by Gasteiger charge is 2.17. The first-order chi connectivity index (χ1) is 12.8. The average Bonchev–Trinajstić information content (AvgIpc) is 3.30. The second-order valence-electron chi connectivity index (χ2n) is 5.75. The van der Waals surface area contributed by atoms with Crippen LogP contribution in [0.4, 0.5) is 0 Å². The highest BCUT2D eigenvalue weighted by Crippen LogP contribution is 2.25. The number of H-pyrrole nitrogens is 1. The molecule has 0 fully saturated rings. The number of carbonyl (C=O) groups excluding carboxylic acids is 1. The molecule has 0 atom stereocenters. The van der Waals surface area contributed by atoms with Crippen LogP contribution >= 0.6 is 11.8 Å². The monoisotopic (exact) mass is 363 g/mol. The zero-order chi connectivity index (χ0) is 17.9. The van der Waals surface area contributed by atoms with Crippen LogP contribution in [0.5, 0.6) is 0 Å². The van der Waals surface area contributed by atoms with Crippen molar-refractivity contribution >= 4 is 28.4 Å². The third kappa shape index (κ3) is 3.01. The number of carbonyl (C=O) groups is 1. The predicted octanol–water partition coefficient (Wildman–Crippen LogP) is 3.82. The van der Waals surface area contributed by atoms with E-state index in [1.165, 1.54) is 11.8 Å². The molecule has 0 bridgehead atoms. The average molecular weight is 363 g/mol. The van der Waals surface area contributed by atoms with Crippen molar-refractivity contribution in [3.8, 4) is 11.4 Å². The third-order valence-corrected chi connectivity index (χ3v) is 5.16. The number of para-hydroxylation sites is 1. The molecular formula is C19H17N5OS. The molecule has 0 aliphatic rings. The lowest BCUT2D eigenvalue weighted by atomic mass is 10.1. The van der Waals surface area contributed by atoms with Gasteiger partial charge in [-0.1, -0.05) is 30.0 Å². The zero-order valence-corrected chi connectivity index (χ0v) is 15.0. The van der Waals surface area contributed by atoms with Crippen LogP contribution in [0.15, 0.2) is 60.1 Å². The van der Waals surface area contributed by atoms with E-state index in [9.17, 15) is 4.79 Å². The molecule has 3 heterocycles. The van der Waals surface area contributed by atoms with Crippen molar-refractivity contribution in [2.24, 2.45) is 0 Å². The minimum atomic E-state index is 0.0727. The van der Waals surface area contributed by atoms with Crippen molar-refractivity contribution in [2.75, 3.05) is 5.75 Å². The highest BCUT2D eigenvalue weighted by atomic mass is 32.2. The smallest absolute Gasteiger partial charge is 0.191 e. The number of Topliss-reactive ketones (excluding diaryl/α,β-unsaturated/α-hetero) is 1. The van der Waals surface area contributed by atoms with Gasteiger partial charge in [0.05, 0.1) is 5.75 Å². The number of ketones is 1. The van der Waals surface area contributed by atoms with Gasteiger partial charge in [0, 0.05) is 47.2 Å². The second-order valence-corrected chi connectivity index (χ2v) is 6.69. The molecule has 0 amide bonds. The fraction of sp³-hybridized carbons (Fsp3) is 0.158. The SMILES string of the molecule is CCn1c(SCC(=O)c2c[nH]c3ccccc23)nnc1-c1ccncc1. The molecule has 0 saturated carbocycles. The van der Waals surface area contributed by atoms with Gasteiger partial charge in [0.1, 0.15) is 0 Å². The van der Waals surface area contributed by atoms with E-state index < -0.39 is 0 Å². The summed E-state index contributed by atoms with van der Waals surface area (Å²) in [7, 11) is 0. The molecule has 3 aromatic heterocycles. The van der Waals surface area contributed by atoms with Gasteiger partial charge in [-0.15, -0.1) is 10.2 Å². The van der Waals surface area contributed by atoms with Gasteiger partial charge in [-0.2, -0.15) is 0 Å². The van der Waals surface area contributed by atoms with E-state index in [4.69, 9.17) is 0 Å². The van der Waals surface area contributed by atoms with Crippen LogP contribution < -0.4 is 0 Å². The molecule has 0 unspecified atom stereocenters. The van der Waals surface area contributed by atoms with Gasteiger partial charge < -0.3 is 9.55 Å². The molecule has 1 N–H and O–H groups in total. The number of hydrogen-bond acceptors (Lipinski definition) is 5. The van der Waals surface area contributed by atoms with E-state index in [1.54, 1.807) is 18.6 Å². The van der Waals surface area contributed by atoms with Crippen LogP contribution in [0.2, 0.25) is 0 Å². The Kier molecular flexibility index (Phi) is 4.53. The Balaban J connectivity index is 1.55. The molecule has 26 heavy (non-hydrogen) atoms. The van der Waals surface area contributed by atoms with Crippen molar-refractivity contribution < 1.29 is 4.79 Å². The summed E-state index contributed by atoms with van der Waals surface area (Å²) in [4.78, 5) is 19.8. The fourth-order valence-electron chi connectivity index (χ4n) is 2.91. The van der Waals surface area contributed by atoms with E-state index in [0.29, 0.717) is 11.3 Å². The number of aromatic amines is 1. The molecule has 0 aliphatic heterocycles. The van der Waals surface area contributed by atoms with Gasteiger partial charge in [0.2, 0.25) is 0 Å². The Morgan fingerprint density at radius 3 is 2.77 bits per heavy atom. The summed E-state index contributed by atoms with van der Waals surface area (Å²) in [5.74, 6) is 1.18. The first kappa shape index (κ1) is 16.5. The lowest BCUT2D eigenvalue weighted by Gasteiger charge is -2.06. The number of pyridine rings is 1. The number of nitrogens with zero attached hydrogens (tertiary/aromatic N) is 4. The number of fused-ring (bicyclic) bond motifs is 1. The molecule has 130 valence electrons. The third-order valence-electron chi connectivity index (χ3n) is 4.19. The molecule has 4 rings (SSSR count). The minimum Gasteiger partial charge on any atom is -0.360 e. The van der Waals surface area contributed by atoms with Crippen LogP contribution in [-0.4, -0.2) is 36.3 Å². The second kappa shape index (κ2) is 7.13. The molecule has 7 heteroatoms. The fourth-order valence-corrected chi connectivity index (χ4v) is 3.79. The summed E-state index contributed by atoms with van der Waals surface area (Å²) >= 11 is 1.41. The number of hydrogen-bond donors (Lipinski definition) is 1. The summed E-state index contributed by atoms with van der Waals surface area (Å²) in [6.07, 6.45) is 5.25. The summed E-state index contributed by atoms with van der Waals surface area (Å²) in [6, 6.07) is 11.6. The van der Waals surface area contributed by atoms with Gasteiger partial charge in [0.25, 0.3) is 0 Å². The maximum Gasteiger partial charge on any atom is 0.191 e. The van der Waals surface area contributed by atoms with Crippen LogP contribution in [0.3, 0.4) is 0 Å². The Labute approximate surface area is 154 Å². The lowest BCUT2D eigenvalue weighted by molar-refractivity contribution is 0.102. The van der Waals surface area contributed by atoms with Crippen LogP contribution in [0.1, 0.15) is 17.3 Å². The van der Waals surface area contributed by atoms with Gasteiger partial charge in [0.15, 0.2) is 16.8 Å². The molecule has 4 aromatic rings. The van der Waals surface area contributed by atoms with Crippen LogP contribution in [0, 0.1) is 0 Å². The van der Waals surface area contributed by atoms with E-state index in [1.807, 2.05) is 47.9 Å². The number of rotatable bonds is 6. The quantitative estimate of drug-likeness (QED) is 0.416. The molecule has 0 aliphatic carbocycles. The molecule has 0 spiro atoms. The lowest BCUT2D eigenvalue weighted by Crippen LogP contribution is -2.04. The first-order valence-corrected chi connectivity index (χ1v) is 9.32. The summed E-state index contributed by atoms with van der Waals surface area (Å²) in [6.45, 7) is 2.77. The Hall–Kier alpha value is -2.93. The van der Waals surface area contributed by atoms with Crippen LogP contribution in [-0.2, 0) is 6.54 Å². The summed E-state index contributed by atoms with van der Waals surface area (Å²) in [5, 5.41) is 10.3. The Morgan fingerprint density at radius 1 is 1.15 bits per heavy atom. The molecule has 6 nitrogen and oxygen atoms in total.